The van der Waals surface area contributed by atoms with E-state index in [0.717, 1.165) is 5.56 Å². The fourth-order valence-corrected chi connectivity index (χ4v) is 2.69. The molecule has 5 nitrogen and oxygen atoms in total. The molecule has 1 heterocycles. The van der Waals surface area contributed by atoms with Crippen molar-refractivity contribution in [2.24, 2.45) is 5.10 Å². The summed E-state index contributed by atoms with van der Waals surface area (Å²) in [7, 11) is -3.66. The molecule has 0 bridgehead atoms. The van der Waals surface area contributed by atoms with Gasteiger partial charge in [-0.3, -0.25) is 0 Å². The molecule has 0 fully saturated rings. The second-order valence-corrected chi connectivity index (χ2v) is 5.77. The Morgan fingerprint density at radius 2 is 2.05 bits per heavy atom. The van der Waals surface area contributed by atoms with Crippen LogP contribution < -0.4 is 4.83 Å². The van der Waals surface area contributed by atoms with E-state index in [1.165, 1.54) is 12.5 Å². The second kappa shape index (κ2) is 5.27. The Labute approximate surface area is 112 Å². The van der Waals surface area contributed by atoms with Crippen LogP contribution in [-0.2, 0) is 10.0 Å². The van der Waals surface area contributed by atoms with Gasteiger partial charge >= 0.3 is 0 Å². The van der Waals surface area contributed by atoms with Crippen LogP contribution in [0.2, 0.25) is 0 Å². The van der Waals surface area contributed by atoms with Gasteiger partial charge in [-0.05, 0) is 43.2 Å². The summed E-state index contributed by atoms with van der Waals surface area (Å²) in [6, 6.07) is 8.61. The first-order chi connectivity index (χ1) is 8.99. The monoisotopic (exact) mass is 278 g/mol. The first-order valence-electron chi connectivity index (χ1n) is 5.65. The number of rotatable bonds is 4. The summed E-state index contributed by atoms with van der Waals surface area (Å²) in [5.41, 5.74) is 1.55. The first-order valence-corrected chi connectivity index (χ1v) is 7.13. The maximum atomic E-state index is 12.1. The van der Waals surface area contributed by atoms with E-state index in [-0.39, 0.29) is 4.90 Å². The number of nitrogens with one attached hydrogen (secondary N) is 1. The van der Waals surface area contributed by atoms with Crippen molar-refractivity contribution in [2.45, 2.75) is 18.7 Å². The van der Waals surface area contributed by atoms with Crippen LogP contribution in [0.15, 0.2) is 51.0 Å². The summed E-state index contributed by atoms with van der Waals surface area (Å²) < 4.78 is 29.2. The zero-order valence-corrected chi connectivity index (χ0v) is 11.4. The van der Waals surface area contributed by atoms with Crippen molar-refractivity contribution in [1.82, 2.24) is 4.83 Å². The molecule has 0 unspecified atom stereocenters. The molecule has 0 saturated heterocycles. The molecule has 0 aliphatic carbocycles. The minimum Gasteiger partial charge on any atom is -0.463 e. The fraction of sp³-hybridized carbons (Fsp3) is 0.154. The largest absolute Gasteiger partial charge is 0.463 e. The Hall–Kier alpha value is -2.08. The van der Waals surface area contributed by atoms with Gasteiger partial charge in [-0.25, -0.2) is 0 Å². The van der Waals surface area contributed by atoms with Gasteiger partial charge in [0, 0.05) is 0 Å². The van der Waals surface area contributed by atoms with Gasteiger partial charge in [0.2, 0.25) is 0 Å². The van der Waals surface area contributed by atoms with Gasteiger partial charge in [0.05, 0.1) is 17.4 Å². The van der Waals surface area contributed by atoms with E-state index in [2.05, 4.69) is 9.93 Å². The molecule has 2 aromatic rings. The van der Waals surface area contributed by atoms with Crippen LogP contribution in [0.3, 0.4) is 0 Å². The number of sulfonamides is 1. The van der Waals surface area contributed by atoms with Crippen molar-refractivity contribution < 1.29 is 12.8 Å². The number of furan rings is 1. The number of hydrogen-bond acceptors (Lipinski definition) is 4. The highest BCUT2D eigenvalue weighted by Gasteiger charge is 2.15. The molecule has 100 valence electrons. The van der Waals surface area contributed by atoms with Gasteiger partial charge in [-0.2, -0.15) is 18.4 Å². The molecule has 19 heavy (non-hydrogen) atoms. The summed E-state index contributed by atoms with van der Waals surface area (Å²) in [5.74, 6) is 0.476. The van der Waals surface area contributed by atoms with E-state index in [0.29, 0.717) is 11.3 Å². The van der Waals surface area contributed by atoms with Crippen LogP contribution in [0.4, 0.5) is 0 Å². The summed E-state index contributed by atoms with van der Waals surface area (Å²) in [6.45, 7) is 3.58. The minimum absolute atomic E-state index is 0.226. The van der Waals surface area contributed by atoms with E-state index in [1.54, 1.807) is 31.2 Å². The number of hydrazone groups is 1. The summed E-state index contributed by atoms with van der Waals surface area (Å²) >= 11 is 0. The molecule has 1 aromatic heterocycles. The van der Waals surface area contributed by atoms with Gasteiger partial charge in [-0.15, -0.1) is 0 Å². The van der Waals surface area contributed by atoms with Crippen LogP contribution in [0.5, 0.6) is 0 Å². The molecule has 0 amide bonds. The van der Waals surface area contributed by atoms with Crippen molar-refractivity contribution in [3.8, 4) is 0 Å². The average molecular weight is 278 g/mol. The molecular formula is C13H14N2O3S. The van der Waals surface area contributed by atoms with Gasteiger partial charge < -0.3 is 4.42 Å². The van der Waals surface area contributed by atoms with Crippen molar-refractivity contribution in [3.63, 3.8) is 0 Å². The maximum absolute atomic E-state index is 12.1. The molecule has 2 rings (SSSR count). The normalized spacial score (nSPS) is 11.9. The van der Waals surface area contributed by atoms with Gasteiger partial charge in [0.1, 0.15) is 5.76 Å². The Bertz CT molecular complexity index is 689. The molecule has 0 aliphatic rings. The third-order valence-corrected chi connectivity index (χ3v) is 3.91. The van der Waals surface area contributed by atoms with Gasteiger partial charge in [0.25, 0.3) is 10.0 Å². The molecule has 1 N–H and O–H groups in total. The molecule has 0 atom stereocenters. The highest BCUT2D eigenvalue weighted by molar-refractivity contribution is 7.89. The lowest BCUT2D eigenvalue weighted by atomic mass is 10.2. The molecular weight excluding hydrogens is 264 g/mol. The Morgan fingerprint density at radius 3 is 2.74 bits per heavy atom. The second-order valence-electron chi connectivity index (χ2n) is 4.14. The predicted octanol–water partition coefficient (Wildman–Crippen LogP) is 2.21. The van der Waals surface area contributed by atoms with Crippen molar-refractivity contribution in [2.75, 3.05) is 0 Å². The SMILES string of the molecule is Cc1ccc(C)c(S(=O)(=O)N/N=C\c2ccco2)c1. The van der Waals surface area contributed by atoms with E-state index < -0.39 is 10.0 Å². The Morgan fingerprint density at radius 1 is 1.26 bits per heavy atom. The molecule has 6 heteroatoms. The molecule has 0 aliphatic heterocycles. The average Bonchev–Trinajstić information content (AvgIpc) is 2.85. The van der Waals surface area contributed by atoms with Crippen LogP contribution >= 0.6 is 0 Å². The predicted molar refractivity (Wildman–Crippen MR) is 72.5 cm³/mol. The minimum atomic E-state index is -3.66. The van der Waals surface area contributed by atoms with Crippen molar-refractivity contribution in [1.29, 1.82) is 0 Å². The molecule has 0 radical (unpaired) electrons. The van der Waals surface area contributed by atoms with Crippen LogP contribution in [0, 0.1) is 13.8 Å². The molecule has 1 aromatic carbocycles. The number of nitrogens with zero attached hydrogens (tertiary/aromatic N) is 1. The molecule has 0 spiro atoms. The quantitative estimate of drug-likeness (QED) is 0.688. The van der Waals surface area contributed by atoms with Crippen LogP contribution in [-0.4, -0.2) is 14.6 Å². The summed E-state index contributed by atoms with van der Waals surface area (Å²) in [5, 5.41) is 3.68. The van der Waals surface area contributed by atoms with E-state index >= 15 is 0 Å². The number of hydrogen-bond donors (Lipinski definition) is 1. The highest BCUT2D eigenvalue weighted by Crippen LogP contribution is 2.16. The standard InChI is InChI=1S/C13H14N2O3S/c1-10-5-6-11(2)13(8-10)19(16,17)15-14-9-12-4-3-7-18-12/h3-9,15H,1-2H3/b14-9-. The first kappa shape index (κ1) is 13.4. The fourth-order valence-electron chi connectivity index (χ4n) is 1.57. The third kappa shape index (κ3) is 3.23. The Balaban J connectivity index is 2.21. The zero-order chi connectivity index (χ0) is 13.9. The maximum Gasteiger partial charge on any atom is 0.276 e. The number of benzene rings is 1. The van der Waals surface area contributed by atoms with Gasteiger partial charge in [0.15, 0.2) is 0 Å². The lowest BCUT2D eigenvalue weighted by Crippen LogP contribution is -2.19. The van der Waals surface area contributed by atoms with Crippen LogP contribution in [0.25, 0.3) is 0 Å². The van der Waals surface area contributed by atoms with Crippen molar-refractivity contribution >= 4 is 16.2 Å². The van der Waals surface area contributed by atoms with Crippen LogP contribution in [0.1, 0.15) is 16.9 Å². The smallest absolute Gasteiger partial charge is 0.276 e. The topological polar surface area (TPSA) is 71.7 Å². The summed E-state index contributed by atoms with van der Waals surface area (Å²) in [6.07, 6.45) is 2.79. The highest BCUT2D eigenvalue weighted by atomic mass is 32.2. The van der Waals surface area contributed by atoms with Gasteiger partial charge in [-0.1, -0.05) is 12.1 Å². The summed E-state index contributed by atoms with van der Waals surface area (Å²) in [4.78, 5) is 2.39. The Kier molecular flexibility index (Phi) is 3.71. The lowest BCUT2D eigenvalue weighted by molar-refractivity contribution is 0.559. The number of aryl methyl sites for hydroxylation is 2. The van der Waals surface area contributed by atoms with E-state index in [4.69, 9.17) is 4.42 Å². The zero-order valence-electron chi connectivity index (χ0n) is 10.6. The third-order valence-electron chi connectivity index (χ3n) is 2.54. The molecule has 0 saturated carbocycles. The lowest BCUT2D eigenvalue weighted by Gasteiger charge is -2.07. The van der Waals surface area contributed by atoms with E-state index in [1.807, 2.05) is 13.0 Å². The van der Waals surface area contributed by atoms with E-state index in [9.17, 15) is 8.42 Å². The van der Waals surface area contributed by atoms with Crippen molar-refractivity contribution in [3.05, 3.63) is 53.5 Å².